The highest BCUT2D eigenvalue weighted by atomic mass is 16.7. The van der Waals surface area contributed by atoms with Crippen molar-refractivity contribution in [3.8, 4) is 5.75 Å². The van der Waals surface area contributed by atoms with E-state index in [4.69, 9.17) is 9.57 Å². The number of carbonyl (C=O) groups is 1. The Bertz CT molecular complexity index is 662. The molecule has 0 atom stereocenters. The highest BCUT2D eigenvalue weighted by Gasteiger charge is 2.15. The summed E-state index contributed by atoms with van der Waals surface area (Å²) in [5, 5.41) is 3.99. The van der Waals surface area contributed by atoms with E-state index >= 15 is 0 Å². The van der Waals surface area contributed by atoms with Gasteiger partial charge in [-0.15, -0.1) is 5.06 Å². The van der Waals surface area contributed by atoms with Crippen molar-refractivity contribution in [3.05, 3.63) is 42.0 Å². The number of rotatable bonds is 4. The summed E-state index contributed by atoms with van der Waals surface area (Å²) in [5.74, 6) is 0.652. The lowest BCUT2D eigenvalue weighted by Crippen LogP contribution is -2.32. The second-order valence-electron chi connectivity index (χ2n) is 5.68. The standard InChI is InChI=1S/C18H21NO3/c1-21-17-8-7-15-11-14(5-6-16(15)13-17)12-18(20)22-19-9-3-2-4-10-19/h5-8,11,13H,2-4,9-10,12H2,1H3. The van der Waals surface area contributed by atoms with Gasteiger partial charge in [0.05, 0.1) is 13.5 Å². The molecule has 116 valence electrons. The Kier molecular flexibility index (Phi) is 4.59. The lowest BCUT2D eigenvalue weighted by molar-refractivity contribution is -0.193. The van der Waals surface area contributed by atoms with Crippen LogP contribution in [0.15, 0.2) is 36.4 Å². The molecule has 1 fully saturated rings. The molecular formula is C18H21NO3. The van der Waals surface area contributed by atoms with E-state index in [-0.39, 0.29) is 5.97 Å². The molecule has 1 aliphatic heterocycles. The average molecular weight is 299 g/mol. The summed E-state index contributed by atoms with van der Waals surface area (Å²) in [6.07, 6.45) is 3.73. The molecule has 0 saturated carbocycles. The van der Waals surface area contributed by atoms with Crippen LogP contribution >= 0.6 is 0 Å². The van der Waals surface area contributed by atoms with Crippen LogP contribution in [-0.4, -0.2) is 31.2 Å². The summed E-state index contributed by atoms with van der Waals surface area (Å²) in [5.41, 5.74) is 0.972. The van der Waals surface area contributed by atoms with Crippen molar-refractivity contribution < 1.29 is 14.4 Å². The lowest BCUT2D eigenvalue weighted by atomic mass is 10.0. The van der Waals surface area contributed by atoms with Gasteiger partial charge in [0.1, 0.15) is 5.75 Å². The maximum absolute atomic E-state index is 12.0. The molecule has 3 rings (SSSR count). The molecule has 0 radical (unpaired) electrons. The molecule has 4 heteroatoms. The smallest absolute Gasteiger partial charge is 0.329 e. The zero-order chi connectivity index (χ0) is 15.4. The number of methoxy groups -OCH3 is 1. The van der Waals surface area contributed by atoms with E-state index in [1.165, 1.54) is 6.42 Å². The second-order valence-corrected chi connectivity index (χ2v) is 5.68. The van der Waals surface area contributed by atoms with Gasteiger partial charge in [0.15, 0.2) is 0 Å². The summed E-state index contributed by atoms with van der Waals surface area (Å²) in [6, 6.07) is 11.9. The van der Waals surface area contributed by atoms with Gasteiger partial charge in [0.2, 0.25) is 0 Å². The van der Waals surface area contributed by atoms with Crippen LogP contribution in [0, 0.1) is 0 Å². The molecule has 0 amide bonds. The third-order valence-corrected chi connectivity index (χ3v) is 4.01. The highest BCUT2D eigenvalue weighted by molar-refractivity contribution is 5.85. The quantitative estimate of drug-likeness (QED) is 0.868. The van der Waals surface area contributed by atoms with E-state index in [1.807, 2.05) is 36.4 Å². The molecule has 4 nitrogen and oxygen atoms in total. The van der Waals surface area contributed by atoms with Crippen LogP contribution in [0.4, 0.5) is 0 Å². The average Bonchev–Trinajstić information content (AvgIpc) is 2.55. The van der Waals surface area contributed by atoms with E-state index < -0.39 is 0 Å². The first-order valence-corrected chi connectivity index (χ1v) is 7.77. The number of hydrogen-bond donors (Lipinski definition) is 0. The van der Waals surface area contributed by atoms with Crippen molar-refractivity contribution in [2.24, 2.45) is 0 Å². The van der Waals surface area contributed by atoms with Crippen LogP contribution in [0.25, 0.3) is 10.8 Å². The molecule has 1 aliphatic rings. The number of nitrogens with zero attached hydrogens (tertiary/aromatic N) is 1. The zero-order valence-electron chi connectivity index (χ0n) is 12.9. The topological polar surface area (TPSA) is 38.8 Å². The largest absolute Gasteiger partial charge is 0.497 e. The van der Waals surface area contributed by atoms with Crippen molar-refractivity contribution in [2.75, 3.05) is 20.2 Å². The molecule has 0 bridgehead atoms. The summed E-state index contributed by atoms with van der Waals surface area (Å²) >= 11 is 0. The number of hydrogen-bond acceptors (Lipinski definition) is 4. The number of carbonyl (C=O) groups excluding carboxylic acids is 1. The van der Waals surface area contributed by atoms with Gasteiger partial charge in [-0.25, -0.2) is 4.79 Å². The van der Waals surface area contributed by atoms with Crippen LogP contribution in [0.5, 0.6) is 5.75 Å². The fourth-order valence-corrected chi connectivity index (χ4v) is 2.81. The van der Waals surface area contributed by atoms with E-state index in [0.29, 0.717) is 6.42 Å². The third-order valence-electron chi connectivity index (χ3n) is 4.01. The highest BCUT2D eigenvalue weighted by Crippen LogP contribution is 2.22. The second kappa shape index (κ2) is 6.79. The maximum Gasteiger partial charge on any atom is 0.329 e. The molecule has 22 heavy (non-hydrogen) atoms. The van der Waals surface area contributed by atoms with E-state index in [9.17, 15) is 4.79 Å². The zero-order valence-corrected chi connectivity index (χ0v) is 12.9. The van der Waals surface area contributed by atoms with Crippen molar-refractivity contribution in [2.45, 2.75) is 25.7 Å². The fourth-order valence-electron chi connectivity index (χ4n) is 2.81. The number of fused-ring (bicyclic) bond motifs is 1. The minimum absolute atomic E-state index is 0.185. The van der Waals surface area contributed by atoms with Gasteiger partial charge >= 0.3 is 5.97 Å². The molecule has 1 heterocycles. The summed E-state index contributed by atoms with van der Waals surface area (Å²) in [7, 11) is 1.66. The van der Waals surface area contributed by atoms with Gasteiger partial charge in [-0.2, -0.15) is 0 Å². The van der Waals surface area contributed by atoms with Gasteiger partial charge in [0, 0.05) is 13.1 Å². The minimum Gasteiger partial charge on any atom is -0.497 e. The maximum atomic E-state index is 12.0. The van der Waals surface area contributed by atoms with Crippen LogP contribution in [-0.2, 0) is 16.1 Å². The molecule has 1 saturated heterocycles. The predicted molar refractivity (Wildman–Crippen MR) is 85.7 cm³/mol. The Balaban J connectivity index is 1.66. The Labute approximate surface area is 130 Å². The van der Waals surface area contributed by atoms with Crippen molar-refractivity contribution in [1.29, 1.82) is 0 Å². The van der Waals surface area contributed by atoms with Gasteiger partial charge in [-0.1, -0.05) is 30.7 Å². The van der Waals surface area contributed by atoms with Gasteiger partial charge in [0.25, 0.3) is 0 Å². The number of hydroxylamine groups is 2. The molecule has 0 aliphatic carbocycles. The Morgan fingerprint density at radius 2 is 1.77 bits per heavy atom. The molecule has 0 spiro atoms. The third kappa shape index (κ3) is 3.57. The molecule has 0 N–H and O–H groups in total. The first-order valence-electron chi connectivity index (χ1n) is 7.77. The first kappa shape index (κ1) is 14.9. The Morgan fingerprint density at radius 3 is 2.55 bits per heavy atom. The first-order chi connectivity index (χ1) is 10.7. The Morgan fingerprint density at radius 1 is 1.05 bits per heavy atom. The van der Waals surface area contributed by atoms with E-state index in [0.717, 1.165) is 48.0 Å². The van der Waals surface area contributed by atoms with Crippen molar-refractivity contribution >= 4 is 16.7 Å². The molecular weight excluding hydrogens is 278 g/mol. The molecule has 2 aromatic carbocycles. The molecule has 0 aromatic heterocycles. The minimum atomic E-state index is -0.185. The van der Waals surface area contributed by atoms with Gasteiger partial charge in [-0.3, -0.25) is 0 Å². The van der Waals surface area contributed by atoms with Crippen LogP contribution < -0.4 is 4.74 Å². The van der Waals surface area contributed by atoms with Gasteiger partial charge < -0.3 is 9.57 Å². The summed E-state index contributed by atoms with van der Waals surface area (Å²) in [4.78, 5) is 17.5. The van der Waals surface area contributed by atoms with Gasteiger partial charge in [-0.05, 0) is 41.3 Å². The normalized spacial score (nSPS) is 15.7. The van der Waals surface area contributed by atoms with Crippen molar-refractivity contribution in [1.82, 2.24) is 5.06 Å². The lowest BCUT2D eigenvalue weighted by Gasteiger charge is -2.24. The summed E-state index contributed by atoms with van der Waals surface area (Å²) < 4.78 is 5.22. The number of piperidine rings is 1. The molecule has 0 unspecified atom stereocenters. The predicted octanol–water partition coefficient (Wildman–Crippen LogP) is 3.34. The van der Waals surface area contributed by atoms with Crippen molar-refractivity contribution in [3.63, 3.8) is 0 Å². The SMILES string of the molecule is COc1ccc2cc(CC(=O)ON3CCCCC3)ccc2c1. The molecule has 2 aromatic rings. The Hall–Kier alpha value is -2.07. The summed E-state index contributed by atoms with van der Waals surface area (Å²) in [6.45, 7) is 1.70. The van der Waals surface area contributed by atoms with Crippen LogP contribution in [0.3, 0.4) is 0 Å². The number of ether oxygens (including phenoxy) is 1. The van der Waals surface area contributed by atoms with E-state index in [1.54, 1.807) is 12.2 Å². The monoisotopic (exact) mass is 299 g/mol. The van der Waals surface area contributed by atoms with E-state index in [2.05, 4.69) is 0 Å². The van der Waals surface area contributed by atoms with Crippen LogP contribution in [0.1, 0.15) is 24.8 Å². The van der Waals surface area contributed by atoms with Crippen LogP contribution in [0.2, 0.25) is 0 Å². The number of benzene rings is 2. The fraction of sp³-hybridized carbons (Fsp3) is 0.389.